The number of carbonyl (C=O) groups is 1. The maximum atomic E-state index is 11.9. The molecule has 0 aliphatic carbocycles. The van der Waals surface area contributed by atoms with Gasteiger partial charge < -0.3 is 9.30 Å². The maximum Gasteiger partial charge on any atom is 0.182 e. The largest absolute Gasteiger partial charge is 0.377 e. The van der Waals surface area contributed by atoms with E-state index in [1.54, 1.807) is 6.92 Å². The summed E-state index contributed by atoms with van der Waals surface area (Å²) in [6.45, 7) is 11.1. The Hall–Kier alpha value is -0.800. The number of ether oxygens (including phenoxy) is 1. The van der Waals surface area contributed by atoms with Crippen molar-refractivity contribution in [1.82, 2.24) is 4.57 Å². The van der Waals surface area contributed by atoms with Crippen LogP contribution >= 0.6 is 11.6 Å². The molecule has 0 saturated carbocycles. The number of carbonyl (C=O) groups excluding carboxylic acids is 1. The SMILES string of the molecule is Cc1cc(C(=O)C(C)Cl)c(C)n1CCOC(C)C. The Morgan fingerprint density at radius 1 is 1.39 bits per heavy atom. The molecule has 1 atom stereocenters. The number of ketones is 1. The van der Waals surface area contributed by atoms with E-state index in [1.807, 2.05) is 33.8 Å². The van der Waals surface area contributed by atoms with E-state index in [1.165, 1.54) is 0 Å². The molecule has 18 heavy (non-hydrogen) atoms. The first-order valence-electron chi connectivity index (χ1n) is 6.31. The summed E-state index contributed by atoms with van der Waals surface area (Å²) in [6, 6.07) is 1.91. The third kappa shape index (κ3) is 3.59. The average molecular weight is 272 g/mol. The molecule has 1 rings (SSSR count). The number of Topliss-reactive ketones (excluding diaryl/α,β-unsaturated/α-hetero) is 1. The third-order valence-corrected chi connectivity index (χ3v) is 3.16. The Labute approximate surface area is 114 Å². The standard InChI is InChI=1S/C14H22ClNO2/c1-9(2)18-7-6-16-10(3)8-13(12(16)5)14(17)11(4)15/h8-9,11H,6-7H2,1-5H3. The summed E-state index contributed by atoms with van der Waals surface area (Å²) >= 11 is 5.86. The number of rotatable bonds is 6. The maximum absolute atomic E-state index is 11.9. The van der Waals surface area contributed by atoms with Crippen molar-refractivity contribution in [3.05, 3.63) is 23.0 Å². The summed E-state index contributed by atoms with van der Waals surface area (Å²) in [6.07, 6.45) is 0.227. The first-order chi connectivity index (χ1) is 8.34. The van der Waals surface area contributed by atoms with E-state index in [4.69, 9.17) is 16.3 Å². The van der Waals surface area contributed by atoms with E-state index in [0.29, 0.717) is 6.61 Å². The van der Waals surface area contributed by atoms with Crippen LogP contribution in [0.3, 0.4) is 0 Å². The van der Waals surface area contributed by atoms with Crippen molar-refractivity contribution < 1.29 is 9.53 Å². The number of alkyl halides is 1. The van der Waals surface area contributed by atoms with Gasteiger partial charge in [0.25, 0.3) is 0 Å². The van der Waals surface area contributed by atoms with E-state index in [2.05, 4.69) is 4.57 Å². The molecule has 0 fully saturated rings. The fourth-order valence-corrected chi connectivity index (χ4v) is 2.11. The third-order valence-electron chi connectivity index (χ3n) is 2.97. The van der Waals surface area contributed by atoms with Crippen molar-refractivity contribution in [1.29, 1.82) is 0 Å². The van der Waals surface area contributed by atoms with Crippen LogP contribution in [0.4, 0.5) is 0 Å². The van der Waals surface area contributed by atoms with Gasteiger partial charge in [-0.2, -0.15) is 0 Å². The van der Waals surface area contributed by atoms with Crippen molar-refractivity contribution in [2.45, 2.75) is 52.6 Å². The minimum absolute atomic E-state index is 0.0132. The van der Waals surface area contributed by atoms with Crippen LogP contribution in [-0.2, 0) is 11.3 Å². The van der Waals surface area contributed by atoms with E-state index < -0.39 is 5.38 Å². The van der Waals surface area contributed by atoms with Gasteiger partial charge in [0.2, 0.25) is 0 Å². The molecule has 3 nitrogen and oxygen atoms in total. The topological polar surface area (TPSA) is 31.2 Å². The molecular formula is C14H22ClNO2. The predicted octanol–water partition coefficient (Wildman–Crippen LogP) is 3.34. The fourth-order valence-electron chi connectivity index (χ4n) is 1.99. The number of aromatic nitrogens is 1. The van der Waals surface area contributed by atoms with Gasteiger partial charge in [-0.3, -0.25) is 4.79 Å². The number of hydrogen-bond acceptors (Lipinski definition) is 2. The molecule has 0 aromatic carbocycles. The summed E-state index contributed by atoms with van der Waals surface area (Å²) in [5.74, 6) is -0.0132. The van der Waals surface area contributed by atoms with Crippen LogP contribution in [0.1, 0.15) is 42.5 Å². The van der Waals surface area contributed by atoms with Gasteiger partial charge in [0.15, 0.2) is 5.78 Å². The second-order valence-electron chi connectivity index (χ2n) is 4.84. The Morgan fingerprint density at radius 3 is 2.50 bits per heavy atom. The quantitative estimate of drug-likeness (QED) is 0.587. The summed E-state index contributed by atoms with van der Waals surface area (Å²) in [4.78, 5) is 11.9. The van der Waals surface area contributed by atoms with Crippen LogP contribution in [-0.4, -0.2) is 28.4 Å². The smallest absolute Gasteiger partial charge is 0.182 e. The lowest BCUT2D eigenvalue weighted by Crippen LogP contribution is -2.14. The summed E-state index contributed by atoms with van der Waals surface area (Å²) in [7, 11) is 0. The van der Waals surface area contributed by atoms with E-state index in [0.717, 1.165) is 23.5 Å². The molecule has 0 N–H and O–H groups in total. The molecule has 0 radical (unpaired) electrons. The van der Waals surface area contributed by atoms with E-state index >= 15 is 0 Å². The van der Waals surface area contributed by atoms with Crippen LogP contribution < -0.4 is 0 Å². The van der Waals surface area contributed by atoms with Crippen molar-refractivity contribution in [3.8, 4) is 0 Å². The van der Waals surface area contributed by atoms with Gasteiger partial charge in [0.1, 0.15) is 0 Å². The van der Waals surface area contributed by atoms with Gasteiger partial charge in [-0.1, -0.05) is 0 Å². The second-order valence-corrected chi connectivity index (χ2v) is 5.49. The number of halogens is 1. The highest BCUT2D eigenvalue weighted by Gasteiger charge is 2.19. The van der Waals surface area contributed by atoms with Gasteiger partial charge in [-0.05, 0) is 40.7 Å². The molecule has 0 bridgehead atoms. The fraction of sp³-hybridized carbons (Fsp3) is 0.643. The van der Waals surface area contributed by atoms with Crippen LogP contribution in [0.2, 0.25) is 0 Å². The highest BCUT2D eigenvalue weighted by atomic mass is 35.5. The van der Waals surface area contributed by atoms with Gasteiger partial charge >= 0.3 is 0 Å². The minimum Gasteiger partial charge on any atom is -0.377 e. The molecule has 0 saturated heterocycles. The lowest BCUT2D eigenvalue weighted by atomic mass is 10.1. The number of aryl methyl sites for hydroxylation is 1. The molecule has 1 unspecified atom stereocenters. The minimum atomic E-state index is -0.481. The van der Waals surface area contributed by atoms with Gasteiger partial charge in [-0.15, -0.1) is 11.6 Å². The normalized spacial score (nSPS) is 13.1. The average Bonchev–Trinajstić information content (AvgIpc) is 2.55. The Kier molecular flexibility index (Phi) is 5.42. The zero-order valence-electron chi connectivity index (χ0n) is 11.8. The monoisotopic (exact) mass is 271 g/mol. The zero-order chi connectivity index (χ0) is 13.9. The summed E-state index contributed by atoms with van der Waals surface area (Å²) in [5, 5.41) is -0.481. The van der Waals surface area contributed by atoms with Crippen molar-refractivity contribution >= 4 is 17.4 Å². The molecule has 102 valence electrons. The lowest BCUT2D eigenvalue weighted by molar-refractivity contribution is 0.0722. The van der Waals surface area contributed by atoms with Crippen LogP contribution in [0.5, 0.6) is 0 Å². The first-order valence-corrected chi connectivity index (χ1v) is 6.74. The summed E-state index contributed by atoms with van der Waals surface area (Å²) in [5.41, 5.74) is 2.76. The second kappa shape index (κ2) is 6.39. The molecule has 1 heterocycles. The zero-order valence-corrected chi connectivity index (χ0v) is 12.5. The van der Waals surface area contributed by atoms with Crippen LogP contribution in [0, 0.1) is 13.8 Å². The molecule has 0 amide bonds. The first kappa shape index (κ1) is 15.3. The highest BCUT2D eigenvalue weighted by Crippen LogP contribution is 2.18. The van der Waals surface area contributed by atoms with E-state index in [-0.39, 0.29) is 11.9 Å². The van der Waals surface area contributed by atoms with Gasteiger partial charge in [0, 0.05) is 23.5 Å². The number of nitrogens with zero attached hydrogens (tertiary/aromatic N) is 1. The molecule has 4 heteroatoms. The molecule has 0 spiro atoms. The predicted molar refractivity (Wildman–Crippen MR) is 74.6 cm³/mol. The van der Waals surface area contributed by atoms with Crippen LogP contribution in [0.25, 0.3) is 0 Å². The molecule has 1 aromatic heterocycles. The van der Waals surface area contributed by atoms with E-state index in [9.17, 15) is 4.79 Å². The van der Waals surface area contributed by atoms with Gasteiger partial charge in [0.05, 0.1) is 18.1 Å². The van der Waals surface area contributed by atoms with Crippen molar-refractivity contribution in [2.24, 2.45) is 0 Å². The molecular weight excluding hydrogens is 250 g/mol. The lowest BCUT2D eigenvalue weighted by Gasteiger charge is -2.12. The van der Waals surface area contributed by atoms with Crippen molar-refractivity contribution in [2.75, 3.05) is 6.61 Å². The highest BCUT2D eigenvalue weighted by molar-refractivity contribution is 6.33. The van der Waals surface area contributed by atoms with Crippen molar-refractivity contribution in [3.63, 3.8) is 0 Å². The van der Waals surface area contributed by atoms with Crippen LogP contribution in [0.15, 0.2) is 6.07 Å². The van der Waals surface area contributed by atoms with Gasteiger partial charge in [-0.25, -0.2) is 0 Å². The Balaban J connectivity index is 2.84. The molecule has 1 aromatic rings. The Morgan fingerprint density at radius 2 is 2.00 bits per heavy atom. The number of hydrogen-bond donors (Lipinski definition) is 0. The Bertz CT molecular complexity index is 422. The molecule has 0 aliphatic heterocycles. The summed E-state index contributed by atoms with van der Waals surface area (Å²) < 4.78 is 7.65. The molecule has 0 aliphatic rings.